The molecular formula is C33H27N3O. The van der Waals surface area contributed by atoms with E-state index in [9.17, 15) is 5.11 Å². The summed E-state index contributed by atoms with van der Waals surface area (Å²) >= 11 is 0. The zero-order chi connectivity index (χ0) is 25.2. The van der Waals surface area contributed by atoms with Gasteiger partial charge in [-0.3, -0.25) is 0 Å². The Balaban J connectivity index is 1.64. The predicted molar refractivity (Wildman–Crippen MR) is 148 cm³/mol. The van der Waals surface area contributed by atoms with Gasteiger partial charge in [0.25, 0.3) is 0 Å². The molecule has 180 valence electrons. The molecule has 4 heteroatoms. The Bertz CT molecular complexity index is 1560. The number of aliphatic hydroxyl groups excluding tert-OH is 1. The van der Waals surface area contributed by atoms with Gasteiger partial charge >= 0.3 is 0 Å². The van der Waals surface area contributed by atoms with Crippen LogP contribution in [0.4, 0.5) is 0 Å². The van der Waals surface area contributed by atoms with Crippen LogP contribution < -0.4 is 0 Å². The van der Waals surface area contributed by atoms with Crippen molar-refractivity contribution in [1.82, 2.24) is 14.5 Å². The first-order valence-electron chi connectivity index (χ1n) is 12.4. The van der Waals surface area contributed by atoms with Crippen LogP contribution in [0.5, 0.6) is 0 Å². The van der Waals surface area contributed by atoms with Gasteiger partial charge in [0.15, 0.2) is 0 Å². The Hall–Kier alpha value is -4.54. The molecule has 0 aliphatic carbocycles. The average Bonchev–Trinajstić information content (AvgIpc) is 3.36. The number of para-hydroxylation sites is 1. The van der Waals surface area contributed by atoms with Gasteiger partial charge in [-0.2, -0.15) is 0 Å². The fourth-order valence-electron chi connectivity index (χ4n) is 5.42. The van der Waals surface area contributed by atoms with Gasteiger partial charge in [-0.25, -0.2) is 9.97 Å². The highest BCUT2D eigenvalue weighted by atomic mass is 16.3. The number of benzene rings is 4. The number of pyridine rings is 1. The summed E-state index contributed by atoms with van der Waals surface area (Å²) in [7, 11) is 0. The van der Waals surface area contributed by atoms with Crippen LogP contribution >= 0.6 is 0 Å². The maximum Gasteiger partial charge on any atom is 0.121 e. The lowest BCUT2D eigenvalue weighted by molar-refractivity contribution is 0.283. The Labute approximate surface area is 216 Å². The third-order valence-electron chi connectivity index (χ3n) is 7.16. The van der Waals surface area contributed by atoms with Crippen LogP contribution in [0.25, 0.3) is 22.3 Å². The van der Waals surface area contributed by atoms with E-state index in [4.69, 9.17) is 9.97 Å². The van der Waals surface area contributed by atoms with Gasteiger partial charge in [0, 0.05) is 16.6 Å². The highest BCUT2D eigenvalue weighted by Crippen LogP contribution is 2.42. The number of aliphatic hydroxyl groups is 1. The van der Waals surface area contributed by atoms with Crippen LogP contribution in [-0.4, -0.2) is 19.6 Å². The van der Waals surface area contributed by atoms with Crippen molar-refractivity contribution in [3.8, 4) is 11.4 Å². The number of hydrogen-bond donors (Lipinski definition) is 1. The van der Waals surface area contributed by atoms with Crippen molar-refractivity contribution >= 4 is 10.9 Å². The Morgan fingerprint density at radius 2 is 1.24 bits per heavy atom. The van der Waals surface area contributed by atoms with Crippen molar-refractivity contribution in [3.05, 3.63) is 156 Å². The summed E-state index contributed by atoms with van der Waals surface area (Å²) < 4.78 is 2.27. The van der Waals surface area contributed by atoms with Crippen LogP contribution in [0.2, 0.25) is 0 Å². The molecule has 0 bridgehead atoms. The van der Waals surface area contributed by atoms with Crippen molar-refractivity contribution in [3.63, 3.8) is 0 Å². The minimum Gasteiger partial charge on any atom is -0.392 e. The van der Waals surface area contributed by atoms with Gasteiger partial charge in [-0.05, 0) is 29.7 Å². The first kappa shape index (κ1) is 22.9. The largest absolute Gasteiger partial charge is 0.392 e. The maximum atomic E-state index is 9.88. The standard InChI is InChI=1S/C33H27N3O/c1-24-31(30-21-20-25-12-11-13-26(22-37)32(25)35-30)34-23-36(24)33(27-14-5-2-6-15-27,28-16-7-3-8-17-28)29-18-9-4-10-19-29/h2-21,23,37H,22H2,1H3. The number of fused-ring (bicyclic) bond motifs is 1. The van der Waals surface area contributed by atoms with Gasteiger partial charge in [-0.1, -0.05) is 115 Å². The third-order valence-corrected chi connectivity index (χ3v) is 7.16. The van der Waals surface area contributed by atoms with Crippen molar-refractivity contribution in [1.29, 1.82) is 0 Å². The lowest BCUT2D eigenvalue weighted by atomic mass is 9.76. The predicted octanol–water partition coefficient (Wildman–Crippen LogP) is 6.74. The van der Waals surface area contributed by atoms with E-state index in [0.717, 1.165) is 50.2 Å². The first-order chi connectivity index (χ1) is 18.2. The second-order valence-electron chi connectivity index (χ2n) is 9.20. The Morgan fingerprint density at radius 3 is 1.78 bits per heavy atom. The molecule has 0 radical (unpaired) electrons. The van der Waals surface area contributed by atoms with Crippen LogP contribution in [0.3, 0.4) is 0 Å². The normalized spacial score (nSPS) is 11.6. The van der Waals surface area contributed by atoms with E-state index in [1.807, 2.05) is 54.9 Å². The van der Waals surface area contributed by atoms with Crippen LogP contribution in [-0.2, 0) is 12.1 Å². The first-order valence-corrected chi connectivity index (χ1v) is 12.4. The van der Waals surface area contributed by atoms with E-state index in [2.05, 4.69) is 84.3 Å². The van der Waals surface area contributed by atoms with E-state index in [0.29, 0.717) is 0 Å². The monoisotopic (exact) mass is 481 g/mol. The zero-order valence-corrected chi connectivity index (χ0v) is 20.6. The molecule has 37 heavy (non-hydrogen) atoms. The van der Waals surface area contributed by atoms with Gasteiger partial charge in [-0.15, -0.1) is 0 Å². The van der Waals surface area contributed by atoms with E-state index in [1.54, 1.807) is 0 Å². The number of rotatable bonds is 6. The van der Waals surface area contributed by atoms with Crippen molar-refractivity contribution < 1.29 is 5.11 Å². The molecule has 0 fully saturated rings. The van der Waals surface area contributed by atoms with Crippen LogP contribution in [0, 0.1) is 6.92 Å². The van der Waals surface area contributed by atoms with Crippen molar-refractivity contribution in [2.45, 2.75) is 19.1 Å². The number of hydrogen-bond acceptors (Lipinski definition) is 3. The average molecular weight is 482 g/mol. The molecule has 0 aliphatic rings. The molecule has 0 saturated carbocycles. The topological polar surface area (TPSA) is 50.9 Å². The summed E-state index contributed by atoms with van der Waals surface area (Å²) in [5.74, 6) is 0. The van der Waals surface area contributed by atoms with E-state index >= 15 is 0 Å². The molecule has 0 saturated heterocycles. The summed E-state index contributed by atoms with van der Waals surface area (Å²) in [5, 5.41) is 10.9. The van der Waals surface area contributed by atoms with Gasteiger partial charge < -0.3 is 9.67 Å². The highest BCUT2D eigenvalue weighted by molar-refractivity contribution is 5.84. The summed E-state index contributed by atoms with van der Waals surface area (Å²) in [6.07, 6.45) is 1.93. The van der Waals surface area contributed by atoms with Gasteiger partial charge in [0.05, 0.1) is 24.1 Å². The molecule has 6 aromatic rings. The smallest absolute Gasteiger partial charge is 0.121 e. The number of imidazole rings is 1. The lowest BCUT2D eigenvalue weighted by Gasteiger charge is -2.38. The molecule has 0 spiro atoms. The second-order valence-corrected chi connectivity index (χ2v) is 9.20. The summed E-state index contributed by atoms with van der Waals surface area (Å²) in [6, 6.07) is 41.7. The van der Waals surface area contributed by atoms with Gasteiger partial charge in [0.2, 0.25) is 0 Å². The molecule has 4 nitrogen and oxygen atoms in total. The van der Waals surface area contributed by atoms with E-state index in [1.165, 1.54) is 0 Å². The van der Waals surface area contributed by atoms with E-state index < -0.39 is 5.54 Å². The molecule has 0 atom stereocenters. The SMILES string of the molecule is Cc1c(-c2ccc3cccc(CO)c3n2)ncn1C(c1ccccc1)(c1ccccc1)c1ccccc1. The molecule has 0 unspecified atom stereocenters. The Morgan fingerprint density at radius 1 is 0.676 bits per heavy atom. The third kappa shape index (κ3) is 3.74. The number of nitrogens with zero attached hydrogens (tertiary/aromatic N) is 3. The quantitative estimate of drug-likeness (QED) is 0.268. The summed E-state index contributed by atoms with van der Waals surface area (Å²) in [4.78, 5) is 9.88. The maximum absolute atomic E-state index is 9.88. The van der Waals surface area contributed by atoms with E-state index in [-0.39, 0.29) is 6.61 Å². The summed E-state index contributed by atoms with van der Waals surface area (Å²) in [6.45, 7) is 2.05. The molecule has 1 N–H and O–H groups in total. The molecular weight excluding hydrogens is 454 g/mol. The fourth-order valence-corrected chi connectivity index (χ4v) is 5.42. The number of aromatic nitrogens is 3. The van der Waals surface area contributed by atoms with Crippen molar-refractivity contribution in [2.24, 2.45) is 0 Å². The van der Waals surface area contributed by atoms with Crippen molar-refractivity contribution in [2.75, 3.05) is 0 Å². The minimum atomic E-state index is -0.633. The molecule has 2 aromatic heterocycles. The Kier molecular flexibility index (Phi) is 5.87. The van der Waals surface area contributed by atoms with Crippen LogP contribution in [0.1, 0.15) is 27.9 Å². The molecule has 0 aliphatic heterocycles. The highest BCUT2D eigenvalue weighted by Gasteiger charge is 2.39. The second kappa shape index (κ2) is 9.49. The molecule has 0 amide bonds. The molecule has 2 heterocycles. The molecule has 4 aromatic carbocycles. The summed E-state index contributed by atoms with van der Waals surface area (Å²) in [5.41, 5.74) is 7.03. The lowest BCUT2D eigenvalue weighted by Crippen LogP contribution is -2.38. The molecule has 6 rings (SSSR count). The van der Waals surface area contributed by atoms with Crippen LogP contribution in [0.15, 0.2) is 128 Å². The minimum absolute atomic E-state index is 0.0552. The van der Waals surface area contributed by atoms with Gasteiger partial charge in [0.1, 0.15) is 11.2 Å². The fraction of sp³-hybridized carbons (Fsp3) is 0.0909. The zero-order valence-electron chi connectivity index (χ0n) is 20.6.